The van der Waals surface area contributed by atoms with Gasteiger partial charge in [-0.2, -0.15) is 0 Å². The molecule has 0 aromatic carbocycles. The average Bonchev–Trinajstić information content (AvgIpc) is 1.85. The summed E-state index contributed by atoms with van der Waals surface area (Å²) in [5.41, 5.74) is 4.67. The summed E-state index contributed by atoms with van der Waals surface area (Å²) in [6.07, 6.45) is -1.75. The molecular weight excluding hydrogens is 176 g/mol. The number of nitrogens with two attached hydrogens (primary N) is 1. The molecule has 0 atom stereocenters. The van der Waals surface area contributed by atoms with Crippen molar-refractivity contribution in [3.8, 4) is 0 Å². The van der Waals surface area contributed by atoms with Crippen LogP contribution >= 0.6 is 11.6 Å². The average molecular weight is 180 g/mol. The Kier molecular flexibility index (Phi) is 2.19. The van der Waals surface area contributed by atoms with Gasteiger partial charge >= 0.3 is 0 Å². The quantitative estimate of drug-likeness (QED) is 0.667. The molecule has 0 spiro atoms. The number of aromatic nitrogens is 2. The van der Waals surface area contributed by atoms with Crippen molar-refractivity contribution in [3.63, 3.8) is 0 Å². The van der Waals surface area contributed by atoms with Crippen molar-refractivity contribution in [3.05, 3.63) is 16.9 Å². The molecule has 11 heavy (non-hydrogen) atoms. The van der Waals surface area contributed by atoms with Crippen molar-refractivity contribution < 1.29 is 8.78 Å². The Morgan fingerprint density at radius 1 is 1.55 bits per heavy atom. The van der Waals surface area contributed by atoms with Crippen molar-refractivity contribution in [2.45, 2.75) is 6.43 Å². The van der Waals surface area contributed by atoms with E-state index < -0.39 is 12.0 Å². The number of nitrogen functional groups attached to an aromatic ring is 1. The first kappa shape index (κ1) is 8.13. The van der Waals surface area contributed by atoms with E-state index in [1.54, 1.807) is 0 Å². The lowest BCUT2D eigenvalue weighted by Gasteiger charge is -2.00. The minimum absolute atomic E-state index is 0.112. The van der Waals surface area contributed by atoms with Gasteiger partial charge in [-0.05, 0) is 0 Å². The zero-order valence-electron chi connectivity index (χ0n) is 5.26. The molecule has 1 aromatic rings. The summed E-state index contributed by atoms with van der Waals surface area (Å²) >= 11 is 5.31. The van der Waals surface area contributed by atoms with Gasteiger partial charge in [0.25, 0.3) is 6.43 Å². The van der Waals surface area contributed by atoms with E-state index in [1.807, 2.05) is 0 Å². The highest BCUT2D eigenvalue weighted by molar-refractivity contribution is 6.30. The van der Waals surface area contributed by atoms with Crippen LogP contribution in [-0.2, 0) is 0 Å². The molecule has 0 radical (unpaired) electrons. The van der Waals surface area contributed by atoms with Crippen LogP contribution in [0.2, 0.25) is 5.15 Å². The molecule has 3 nitrogen and oxygen atoms in total. The number of rotatable bonds is 1. The fourth-order valence-corrected chi connectivity index (χ4v) is 0.747. The van der Waals surface area contributed by atoms with Crippen LogP contribution in [0, 0.1) is 0 Å². The molecule has 1 heterocycles. The second-order valence-corrected chi connectivity index (χ2v) is 2.13. The molecule has 0 aliphatic heterocycles. The molecule has 0 amide bonds. The zero-order valence-corrected chi connectivity index (χ0v) is 6.02. The molecule has 0 aliphatic carbocycles. The van der Waals surface area contributed by atoms with Crippen molar-refractivity contribution in [2.24, 2.45) is 0 Å². The van der Waals surface area contributed by atoms with E-state index >= 15 is 0 Å². The Morgan fingerprint density at radius 3 is 2.64 bits per heavy atom. The number of halogens is 3. The van der Waals surface area contributed by atoms with Gasteiger partial charge in [-0.25, -0.2) is 18.7 Å². The predicted molar refractivity (Wildman–Crippen MR) is 36.4 cm³/mol. The topological polar surface area (TPSA) is 51.8 Å². The van der Waals surface area contributed by atoms with Crippen LogP contribution in [0.1, 0.15) is 12.0 Å². The van der Waals surface area contributed by atoms with Gasteiger partial charge in [0.1, 0.15) is 5.15 Å². The summed E-state index contributed by atoms with van der Waals surface area (Å²) in [5, 5.41) is -0.299. The SMILES string of the molecule is Nc1ncc(C(F)F)c(Cl)n1. The molecule has 60 valence electrons. The lowest BCUT2D eigenvalue weighted by Crippen LogP contribution is -1.97. The van der Waals surface area contributed by atoms with Gasteiger partial charge in [0.15, 0.2) is 0 Å². The Hall–Kier alpha value is -0.970. The van der Waals surface area contributed by atoms with Crippen LogP contribution in [0.4, 0.5) is 14.7 Å². The van der Waals surface area contributed by atoms with E-state index in [0.717, 1.165) is 6.20 Å². The third kappa shape index (κ3) is 1.74. The Labute approximate surface area is 66.2 Å². The molecule has 2 N–H and O–H groups in total. The van der Waals surface area contributed by atoms with E-state index in [9.17, 15) is 8.78 Å². The van der Waals surface area contributed by atoms with Crippen molar-refractivity contribution in [2.75, 3.05) is 5.73 Å². The van der Waals surface area contributed by atoms with Gasteiger partial charge in [-0.1, -0.05) is 11.6 Å². The first-order valence-corrected chi connectivity index (χ1v) is 3.05. The number of alkyl halides is 2. The third-order valence-corrected chi connectivity index (χ3v) is 1.32. The minimum atomic E-state index is -2.66. The van der Waals surface area contributed by atoms with E-state index in [0.29, 0.717) is 0 Å². The number of nitrogens with zero attached hydrogens (tertiary/aromatic N) is 2. The van der Waals surface area contributed by atoms with Gasteiger partial charge in [0.05, 0.1) is 5.56 Å². The molecule has 1 rings (SSSR count). The van der Waals surface area contributed by atoms with Gasteiger partial charge in [0.2, 0.25) is 5.95 Å². The molecule has 0 saturated heterocycles. The molecule has 0 unspecified atom stereocenters. The van der Waals surface area contributed by atoms with E-state index in [-0.39, 0.29) is 11.1 Å². The third-order valence-electron chi connectivity index (χ3n) is 1.02. The second kappa shape index (κ2) is 2.96. The van der Waals surface area contributed by atoms with Crippen LogP contribution in [-0.4, -0.2) is 9.97 Å². The lowest BCUT2D eigenvalue weighted by atomic mass is 10.4. The molecular formula is C5H4ClF2N3. The summed E-state index contributed by atoms with van der Waals surface area (Å²) in [4.78, 5) is 6.71. The maximum Gasteiger partial charge on any atom is 0.268 e. The normalized spacial score (nSPS) is 10.5. The largest absolute Gasteiger partial charge is 0.368 e. The highest BCUT2D eigenvalue weighted by Crippen LogP contribution is 2.24. The summed E-state index contributed by atoms with van der Waals surface area (Å²) in [7, 11) is 0. The monoisotopic (exact) mass is 179 g/mol. The van der Waals surface area contributed by atoms with Crippen LogP contribution in [0.15, 0.2) is 6.20 Å². The second-order valence-electron chi connectivity index (χ2n) is 1.78. The van der Waals surface area contributed by atoms with Crippen LogP contribution in [0.5, 0.6) is 0 Å². The Bertz CT molecular complexity index is 266. The first-order valence-electron chi connectivity index (χ1n) is 2.67. The maximum absolute atomic E-state index is 12.0. The molecule has 0 bridgehead atoms. The molecule has 0 fully saturated rings. The predicted octanol–water partition coefficient (Wildman–Crippen LogP) is 1.65. The number of anilines is 1. The van der Waals surface area contributed by atoms with Crippen molar-refractivity contribution >= 4 is 17.5 Å². The molecule has 0 aliphatic rings. The maximum atomic E-state index is 12.0. The van der Waals surface area contributed by atoms with Gasteiger partial charge in [0, 0.05) is 6.20 Å². The van der Waals surface area contributed by atoms with Crippen LogP contribution < -0.4 is 5.73 Å². The minimum Gasteiger partial charge on any atom is -0.368 e. The summed E-state index contributed by atoms with van der Waals surface area (Å²) in [6, 6.07) is 0. The van der Waals surface area contributed by atoms with E-state index in [4.69, 9.17) is 17.3 Å². The fraction of sp³-hybridized carbons (Fsp3) is 0.200. The first-order chi connectivity index (χ1) is 5.11. The highest BCUT2D eigenvalue weighted by atomic mass is 35.5. The van der Waals surface area contributed by atoms with E-state index in [1.165, 1.54) is 0 Å². The van der Waals surface area contributed by atoms with Crippen LogP contribution in [0.25, 0.3) is 0 Å². The highest BCUT2D eigenvalue weighted by Gasteiger charge is 2.13. The van der Waals surface area contributed by atoms with Gasteiger partial charge in [-0.15, -0.1) is 0 Å². The summed E-state index contributed by atoms with van der Waals surface area (Å²) in [6.45, 7) is 0. The molecule has 6 heteroatoms. The number of hydrogen-bond acceptors (Lipinski definition) is 3. The standard InChI is InChI=1S/C5H4ClF2N3/c6-3-2(4(7)8)1-10-5(9)11-3/h1,4H,(H2,9,10,11). The fourth-order valence-electron chi connectivity index (χ4n) is 0.529. The Balaban J connectivity index is 3.09. The van der Waals surface area contributed by atoms with E-state index in [2.05, 4.69) is 9.97 Å². The van der Waals surface area contributed by atoms with Crippen LogP contribution in [0.3, 0.4) is 0 Å². The lowest BCUT2D eigenvalue weighted by molar-refractivity contribution is 0.150. The van der Waals surface area contributed by atoms with Gasteiger partial charge in [-0.3, -0.25) is 0 Å². The molecule has 0 saturated carbocycles. The summed E-state index contributed by atoms with van der Waals surface area (Å²) < 4.78 is 23.9. The van der Waals surface area contributed by atoms with Crippen molar-refractivity contribution in [1.29, 1.82) is 0 Å². The van der Waals surface area contributed by atoms with Gasteiger partial charge < -0.3 is 5.73 Å². The Morgan fingerprint density at radius 2 is 2.18 bits per heavy atom. The summed E-state index contributed by atoms with van der Waals surface area (Å²) in [5.74, 6) is -0.112. The molecule has 1 aromatic heterocycles. The smallest absolute Gasteiger partial charge is 0.268 e. The number of hydrogen-bond donors (Lipinski definition) is 1. The zero-order chi connectivity index (χ0) is 8.43. The van der Waals surface area contributed by atoms with Crippen molar-refractivity contribution in [1.82, 2.24) is 9.97 Å².